The van der Waals surface area contributed by atoms with Crippen LogP contribution in [-0.2, 0) is 5.41 Å². The van der Waals surface area contributed by atoms with E-state index in [2.05, 4.69) is 5.10 Å². The van der Waals surface area contributed by atoms with Crippen molar-refractivity contribution in [2.75, 3.05) is 13.1 Å². The van der Waals surface area contributed by atoms with Gasteiger partial charge < -0.3 is 10.0 Å². The molecule has 5 aliphatic rings. The molecule has 2 aliphatic heterocycles. The molecule has 0 spiro atoms. The summed E-state index contributed by atoms with van der Waals surface area (Å²) in [4.78, 5) is 19.7. The Balaban J connectivity index is 0.000000796. The van der Waals surface area contributed by atoms with Crippen LogP contribution in [0.3, 0.4) is 0 Å². The molecular formula is C24H31FN4O2. The molecule has 1 saturated heterocycles. The Labute approximate surface area is 182 Å². The highest BCUT2D eigenvalue weighted by Gasteiger charge is 2.71. The highest BCUT2D eigenvalue weighted by molar-refractivity contribution is 5.87. The molecule has 31 heavy (non-hydrogen) atoms. The van der Waals surface area contributed by atoms with Gasteiger partial charge in [-0.15, -0.1) is 0 Å². The van der Waals surface area contributed by atoms with Gasteiger partial charge in [0.1, 0.15) is 5.83 Å². The van der Waals surface area contributed by atoms with Gasteiger partial charge in [0.25, 0.3) is 5.56 Å². The van der Waals surface area contributed by atoms with Gasteiger partial charge in [0.2, 0.25) is 0 Å². The van der Waals surface area contributed by atoms with E-state index < -0.39 is 11.0 Å². The maximum atomic E-state index is 15.2. The third-order valence-corrected chi connectivity index (χ3v) is 7.10. The van der Waals surface area contributed by atoms with E-state index in [1.54, 1.807) is 17.0 Å². The second kappa shape index (κ2) is 7.19. The average Bonchev–Trinajstić information content (AvgIpc) is 3.36. The maximum Gasteiger partial charge on any atom is 0.276 e. The number of aliphatic imine (C=N–C) groups is 1. The number of allylic oxidation sites excluding steroid dienone is 5. The lowest BCUT2D eigenvalue weighted by Gasteiger charge is -2.35. The van der Waals surface area contributed by atoms with Gasteiger partial charge in [0.15, 0.2) is 0 Å². The van der Waals surface area contributed by atoms with Crippen LogP contribution < -0.4 is 5.56 Å². The highest BCUT2D eigenvalue weighted by atomic mass is 19.1. The molecule has 3 heterocycles. The summed E-state index contributed by atoms with van der Waals surface area (Å²) in [7, 11) is 0. The molecule has 166 valence electrons. The van der Waals surface area contributed by atoms with E-state index >= 15 is 4.39 Å². The Kier molecular flexibility index (Phi) is 4.70. The standard InChI is InChI=1S/C22H23FN4O2.C2H6.H2/c23-17-10-21-13-22(21,11-18(17)26-8-6-15(28)7-9-26)24-12-16-19(21)25-27(20(16)29)14-4-2-1-3-5-14;1-2;/h1-4,10-12,14-15,25,28H,5-9,13H2;1-2H3;1H. The molecule has 7 heteroatoms. The molecular weight excluding hydrogens is 395 g/mol. The lowest BCUT2D eigenvalue weighted by molar-refractivity contribution is 0.0962. The van der Waals surface area contributed by atoms with Gasteiger partial charge in [-0.25, -0.2) is 9.07 Å². The normalized spacial score (nSPS) is 32.9. The van der Waals surface area contributed by atoms with E-state index in [-0.39, 0.29) is 25.0 Å². The lowest BCUT2D eigenvalue weighted by Crippen LogP contribution is -2.38. The molecule has 3 aliphatic carbocycles. The Morgan fingerprint density at radius 1 is 1.26 bits per heavy atom. The summed E-state index contributed by atoms with van der Waals surface area (Å²) in [5, 5.41) is 13.1. The van der Waals surface area contributed by atoms with Crippen molar-refractivity contribution in [1.82, 2.24) is 14.7 Å². The fourth-order valence-corrected chi connectivity index (χ4v) is 5.35. The minimum Gasteiger partial charge on any atom is -0.393 e. The van der Waals surface area contributed by atoms with Crippen molar-refractivity contribution in [1.29, 1.82) is 0 Å². The molecule has 0 bridgehead atoms. The second-order valence-electron chi connectivity index (χ2n) is 8.76. The van der Waals surface area contributed by atoms with Crippen molar-refractivity contribution in [3.05, 3.63) is 69.6 Å². The molecule has 0 aromatic carbocycles. The lowest BCUT2D eigenvalue weighted by atomic mass is 9.86. The summed E-state index contributed by atoms with van der Waals surface area (Å²) < 4.78 is 16.9. The van der Waals surface area contributed by atoms with Gasteiger partial charge in [-0.2, -0.15) is 0 Å². The number of piperidine rings is 1. The fraction of sp³-hybridized carbons (Fsp3) is 0.500. The van der Waals surface area contributed by atoms with Crippen LogP contribution in [0.2, 0.25) is 0 Å². The topological polar surface area (TPSA) is 73.6 Å². The number of aromatic nitrogens is 2. The van der Waals surface area contributed by atoms with E-state index in [9.17, 15) is 9.90 Å². The average molecular weight is 427 g/mol. The molecule has 2 fully saturated rings. The van der Waals surface area contributed by atoms with Gasteiger partial charge in [-0.05, 0) is 37.8 Å². The Bertz CT molecular complexity index is 1110. The van der Waals surface area contributed by atoms with Crippen molar-refractivity contribution in [3.8, 4) is 0 Å². The number of likely N-dealkylation sites (tertiary alicyclic amines) is 1. The van der Waals surface area contributed by atoms with E-state index in [0.29, 0.717) is 43.6 Å². The zero-order chi connectivity index (χ0) is 21.8. The van der Waals surface area contributed by atoms with Crippen molar-refractivity contribution < 1.29 is 10.9 Å². The minimum atomic E-state index is -0.599. The number of H-pyrrole nitrogens is 1. The first-order valence-corrected chi connectivity index (χ1v) is 11.3. The van der Waals surface area contributed by atoms with Crippen LogP contribution in [0.4, 0.5) is 4.39 Å². The predicted molar refractivity (Wildman–Crippen MR) is 121 cm³/mol. The van der Waals surface area contributed by atoms with Crippen LogP contribution in [0.5, 0.6) is 0 Å². The van der Waals surface area contributed by atoms with Gasteiger partial charge in [0, 0.05) is 20.7 Å². The number of fused-ring (bicyclic) bond motifs is 1. The van der Waals surface area contributed by atoms with Gasteiger partial charge in [-0.3, -0.25) is 14.9 Å². The number of halogens is 1. The van der Waals surface area contributed by atoms with Gasteiger partial charge in [0.05, 0.1) is 40.1 Å². The van der Waals surface area contributed by atoms with E-state index in [1.165, 1.54) is 0 Å². The van der Waals surface area contributed by atoms with E-state index in [1.807, 2.05) is 49.1 Å². The molecule has 6 nitrogen and oxygen atoms in total. The first-order chi connectivity index (χ1) is 15.0. The third kappa shape index (κ3) is 2.86. The highest BCUT2D eigenvalue weighted by Crippen LogP contribution is 2.66. The summed E-state index contributed by atoms with van der Waals surface area (Å²) in [5.41, 5.74) is 0.685. The van der Waals surface area contributed by atoms with Crippen LogP contribution in [-0.4, -0.2) is 50.7 Å². The van der Waals surface area contributed by atoms with Crippen molar-refractivity contribution in [2.45, 2.75) is 62.6 Å². The molecule has 3 unspecified atom stereocenters. The van der Waals surface area contributed by atoms with Crippen molar-refractivity contribution in [2.24, 2.45) is 4.99 Å². The van der Waals surface area contributed by atoms with Crippen LogP contribution >= 0.6 is 0 Å². The SMILES string of the molecule is CC.O=c1c2c([nH]n1C1C=CC=CC1)C13C=C(F)C(N4CCC(O)CC4)=CC1(C3)N=C2.[HH]. The van der Waals surface area contributed by atoms with E-state index in [0.717, 1.165) is 12.1 Å². The number of hydrogen-bond donors (Lipinski definition) is 2. The van der Waals surface area contributed by atoms with Gasteiger partial charge >= 0.3 is 0 Å². The van der Waals surface area contributed by atoms with Crippen molar-refractivity contribution in [3.63, 3.8) is 0 Å². The zero-order valence-electron chi connectivity index (χ0n) is 18.0. The largest absolute Gasteiger partial charge is 0.393 e. The first kappa shape index (κ1) is 20.2. The number of nitrogens with one attached hydrogen (secondary N) is 1. The number of rotatable bonds is 2. The first-order valence-electron chi connectivity index (χ1n) is 11.3. The summed E-state index contributed by atoms with van der Waals surface area (Å²) in [6, 6.07) is -0.0562. The number of aliphatic hydroxyl groups is 1. The number of aliphatic hydroxyl groups excluding tert-OH is 1. The number of nitrogens with zero attached hydrogens (tertiary/aromatic N) is 3. The Morgan fingerprint density at radius 2 is 2.03 bits per heavy atom. The molecule has 0 radical (unpaired) electrons. The van der Waals surface area contributed by atoms with Crippen LogP contribution in [0.1, 0.15) is 58.3 Å². The van der Waals surface area contributed by atoms with Crippen LogP contribution in [0.25, 0.3) is 0 Å². The van der Waals surface area contributed by atoms with E-state index in [4.69, 9.17) is 4.99 Å². The quantitative estimate of drug-likeness (QED) is 0.760. The monoisotopic (exact) mass is 426 g/mol. The Hall–Kier alpha value is -2.67. The predicted octanol–water partition coefficient (Wildman–Crippen LogP) is 3.53. The molecule has 3 atom stereocenters. The molecule has 0 amide bonds. The van der Waals surface area contributed by atoms with Crippen LogP contribution in [0, 0.1) is 0 Å². The minimum absolute atomic E-state index is 0. The Morgan fingerprint density at radius 3 is 2.74 bits per heavy atom. The molecule has 1 aromatic heterocycles. The molecule has 1 saturated carbocycles. The van der Waals surface area contributed by atoms with Gasteiger partial charge in [-0.1, -0.05) is 38.2 Å². The molecule has 2 N–H and O–H groups in total. The second-order valence-corrected chi connectivity index (χ2v) is 8.76. The maximum absolute atomic E-state index is 15.2. The number of aromatic amines is 1. The van der Waals surface area contributed by atoms with Crippen molar-refractivity contribution >= 4 is 6.21 Å². The third-order valence-electron chi connectivity index (χ3n) is 7.10. The fourth-order valence-electron chi connectivity index (χ4n) is 5.35. The smallest absolute Gasteiger partial charge is 0.276 e. The molecule has 6 rings (SSSR count). The zero-order valence-corrected chi connectivity index (χ0v) is 18.0. The number of hydrogen-bond acceptors (Lipinski definition) is 4. The summed E-state index contributed by atoms with van der Waals surface area (Å²) >= 11 is 0. The summed E-state index contributed by atoms with van der Waals surface area (Å²) in [6.07, 6.45) is 15.6. The summed E-state index contributed by atoms with van der Waals surface area (Å²) in [6.45, 7) is 5.28. The van der Waals surface area contributed by atoms with Crippen LogP contribution in [0.15, 0.2) is 57.8 Å². The summed E-state index contributed by atoms with van der Waals surface area (Å²) in [5.74, 6) is -0.258. The molecule has 1 aromatic rings.